The first-order valence-electron chi connectivity index (χ1n) is 10.6. The summed E-state index contributed by atoms with van der Waals surface area (Å²) in [4.78, 5) is 31.9. The Bertz CT molecular complexity index is 1070. The molecule has 2 aromatic carbocycles. The normalized spacial score (nSPS) is 14.2. The first kappa shape index (κ1) is 22.0. The summed E-state index contributed by atoms with van der Waals surface area (Å²) in [5.74, 6) is 1.49. The molecule has 1 fully saturated rings. The van der Waals surface area contributed by atoms with Crippen LogP contribution < -0.4 is 9.47 Å². The third kappa shape index (κ3) is 5.16. The number of aromatic nitrogens is 1. The molecule has 0 atom stereocenters. The van der Waals surface area contributed by atoms with Gasteiger partial charge in [0.05, 0.1) is 7.11 Å². The largest absolute Gasteiger partial charge is 0.497 e. The molecule has 32 heavy (non-hydrogen) atoms. The van der Waals surface area contributed by atoms with Gasteiger partial charge in [-0.25, -0.2) is 4.98 Å². The molecule has 0 unspecified atom stereocenters. The maximum Gasteiger partial charge on any atom is 0.273 e. The van der Waals surface area contributed by atoms with Gasteiger partial charge >= 0.3 is 0 Å². The van der Waals surface area contributed by atoms with E-state index in [1.54, 1.807) is 41.7 Å². The Morgan fingerprint density at radius 3 is 2.34 bits per heavy atom. The third-order valence-electron chi connectivity index (χ3n) is 5.68. The highest BCUT2D eigenvalue weighted by molar-refractivity contribution is 7.09. The van der Waals surface area contributed by atoms with Crippen molar-refractivity contribution in [3.8, 4) is 11.5 Å². The number of hydrogen-bond donors (Lipinski definition) is 0. The van der Waals surface area contributed by atoms with Crippen molar-refractivity contribution in [3.63, 3.8) is 0 Å². The zero-order chi connectivity index (χ0) is 22.5. The Morgan fingerprint density at radius 1 is 1.03 bits per heavy atom. The van der Waals surface area contributed by atoms with Crippen LogP contribution in [0.2, 0.25) is 0 Å². The number of amides is 1. The van der Waals surface area contributed by atoms with E-state index in [0.717, 1.165) is 16.5 Å². The predicted octanol–water partition coefficient (Wildman–Crippen LogP) is 4.77. The highest BCUT2D eigenvalue weighted by atomic mass is 32.1. The lowest BCUT2D eigenvalue weighted by Gasteiger charge is -2.31. The van der Waals surface area contributed by atoms with Gasteiger partial charge in [0.1, 0.15) is 28.8 Å². The molecule has 6 nitrogen and oxygen atoms in total. The van der Waals surface area contributed by atoms with Gasteiger partial charge in [-0.1, -0.05) is 17.7 Å². The first-order valence-corrected chi connectivity index (χ1v) is 11.5. The zero-order valence-electron chi connectivity index (χ0n) is 18.2. The van der Waals surface area contributed by atoms with E-state index in [2.05, 4.69) is 4.98 Å². The van der Waals surface area contributed by atoms with Crippen molar-refractivity contribution in [2.75, 3.05) is 20.2 Å². The Kier molecular flexibility index (Phi) is 6.85. The van der Waals surface area contributed by atoms with Crippen LogP contribution in [0.4, 0.5) is 0 Å². The smallest absolute Gasteiger partial charge is 0.273 e. The SMILES string of the molecule is COc1ccc(C(=O)C2CCN(C(=O)c3csc(COc4ccc(C)cc4)n3)CC2)cc1. The van der Waals surface area contributed by atoms with Gasteiger partial charge in [-0.3, -0.25) is 9.59 Å². The number of Topliss-reactive ketones (excluding diaryl/α,β-unsaturated/α-hetero) is 1. The van der Waals surface area contributed by atoms with Crippen LogP contribution in [0.15, 0.2) is 53.9 Å². The van der Waals surface area contributed by atoms with E-state index in [1.165, 1.54) is 16.9 Å². The van der Waals surface area contributed by atoms with Crippen LogP contribution in [0.5, 0.6) is 11.5 Å². The molecule has 166 valence electrons. The van der Waals surface area contributed by atoms with Crippen molar-refractivity contribution >= 4 is 23.0 Å². The Labute approximate surface area is 191 Å². The van der Waals surface area contributed by atoms with Gasteiger partial charge in [-0.2, -0.15) is 0 Å². The number of thiazole rings is 1. The van der Waals surface area contributed by atoms with Crippen LogP contribution in [-0.4, -0.2) is 41.8 Å². The summed E-state index contributed by atoms with van der Waals surface area (Å²) in [6.07, 6.45) is 1.31. The second-order valence-corrected chi connectivity index (χ2v) is 8.83. The summed E-state index contributed by atoms with van der Waals surface area (Å²) < 4.78 is 10.9. The molecule has 1 saturated heterocycles. The van der Waals surface area contributed by atoms with E-state index < -0.39 is 0 Å². The molecule has 2 heterocycles. The molecule has 0 radical (unpaired) electrons. The third-order valence-corrected chi connectivity index (χ3v) is 6.50. The molecule has 1 aliphatic rings. The molecule has 1 aliphatic heterocycles. The first-order chi connectivity index (χ1) is 15.5. The number of benzene rings is 2. The average Bonchev–Trinajstić information content (AvgIpc) is 3.32. The lowest BCUT2D eigenvalue weighted by atomic mass is 9.89. The lowest BCUT2D eigenvalue weighted by molar-refractivity contribution is 0.0646. The van der Waals surface area contributed by atoms with Gasteiger partial charge in [0.25, 0.3) is 5.91 Å². The van der Waals surface area contributed by atoms with Crippen molar-refractivity contribution in [2.45, 2.75) is 26.4 Å². The molecule has 4 rings (SSSR count). The van der Waals surface area contributed by atoms with Crippen LogP contribution in [0, 0.1) is 12.8 Å². The van der Waals surface area contributed by atoms with Crippen molar-refractivity contribution in [3.05, 3.63) is 75.7 Å². The van der Waals surface area contributed by atoms with Crippen LogP contribution in [-0.2, 0) is 6.61 Å². The maximum absolute atomic E-state index is 12.9. The fourth-order valence-corrected chi connectivity index (χ4v) is 4.43. The van der Waals surface area contributed by atoms with Crippen LogP contribution in [0.3, 0.4) is 0 Å². The fourth-order valence-electron chi connectivity index (χ4n) is 3.75. The summed E-state index contributed by atoms with van der Waals surface area (Å²) in [6.45, 7) is 3.47. The van der Waals surface area contributed by atoms with Crippen LogP contribution >= 0.6 is 11.3 Å². The minimum atomic E-state index is -0.0850. The number of rotatable bonds is 7. The van der Waals surface area contributed by atoms with Crippen molar-refractivity contribution < 1.29 is 19.1 Å². The number of nitrogens with zero attached hydrogens (tertiary/aromatic N) is 2. The van der Waals surface area contributed by atoms with Gasteiger partial charge in [-0.05, 0) is 56.2 Å². The number of ketones is 1. The summed E-state index contributed by atoms with van der Waals surface area (Å²) in [5.41, 5.74) is 2.31. The van der Waals surface area contributed by atoms with Gasteiger partial charge < -0.3 is 14.4 Å². The van der Waals surface area contributed by atoms with Gasteiger partial charge in [0, 0.05) is 30.0 Å². The van der Waals surface area contributed by atoms with Gasteiger partial charge in [0.15, 0.2) is 5.78 Å². The number of carbonyl (C=O) groups is 2. The molecule has 1 amide bonds. The molecule has 0 aliphatic carbocycles. The summed E-state index contributed by atoms with van der Waals surface area (Å²) >= 11 is 1.42. The quantitative estimate of drug-likeness (QED) is 0.485. The molecule has 7 heteroatoms. The van der Waals surface area contributed by atoms with Crippen LogP contribution in [0.1, 0.15) is 44.3 Å². The minimum absolute atomic E-state index is 0.0682. The highest BCUT2D eigenvalue weighted by Crippen LogP contribution is 2.25. The molecular weight excluding hydrogens is 424 g/mol. The Morgan fingerprint density at radius 2 is 1.69 bits per heavy atom. The lowest BCUT2D eigenvalue weighted by Crippen LogP contribution is -2.40. The second-order valence-electron chi connectivity index (χ2n) is 7.89. The summed E-state index contributed by atoms with van der Waals surface area (Å²) in [7, 11) is 1.60. The van der Waals surface area contributed by atoms with E-state index in [9.17, 15) is 9.59 Å². The van der Waals surface area contributed by atoms with E-state index in [4.69, 9.17) is 9.47 Å². The summed E-state index contributed by atoms with van der Waals surface area (Å²) in [5, 5.41) is 2.54. The number of carbonyl (C=O) groups excluding carboxylic acids is 2. The molecule has 0 N–H and O–H groups in total. The number of methoxy groups -OCH3 is 1. The maximum atomic E-state index is 12.9. The van der Waals surface area contributed by atoms with Crippen molar-refractivity contribution in [1.29, 1.82) is 0 Å². The van der Waals surface area contributed by atoms with E-state index in [-0.39, 0.29) is 17.6 Å². The number of ether oxygens (including phenoxy) is 2. The standard InChI is InChI=1S/C25H26N2O4S/c1-17-3-7-21(8-4-17)31-15-23-26-22(16-32-23)25(29)27-13-11-19(12-14-27)24(28)18-5-9-20(30-2)10-6-18/h3-10,16,19H,11-15H2,1-2H3. The average molecular weight is 451 g/mol. The predicted molar refractivity (Wildman–Crippen MR) is 124 cm³/mol. The number of piperidine rings is 1. The molecule has 1 aromatic heterocycles. The molecule has 0 saturated carbocycles. The van der Waals surface area contributed by atoms with Crippen molar-refractivity contribution in [2.24, 2.45) is 5.92 Å². The molecule has 0 bridgehead atoms. The van der Waals surface area contributed by atoms with Gasteiger partial charge in [0.2, 0.25) is 0 Å². The number of aryl methyl sites for hydroxylation is 1. The van der Waals surface area contributed by atoms with E-state index in [1.807, 2.05) is 31.2 Å². The van der Waals surface area contributed by atoms with Gasteiger partial charge in [-0.15, -0.1) is 11.3 Å². The Balaban J connectivity index is 1.29. The van der Waals surface area contributed by atoms with E-state index >= 15 is 0 Å². The number of likely N-dealkylation sites (tertiary alicyclic amines) is 1. The van der Waals surface area contributed by atoms with E-state index in [0.29, 0.717) is 43.8 Å². The number of hydrogen-bond acceptors (Lipinski definition) is 6. The molecule has 0 spiro atoms. The molecule has 3 aromatic rings. The molecular formula is C25H26N2O4S. The second kappa shape index (κ2) is 9.96. The van der Waals surface area contributed by atoms with Crippen molar-refractivity contribution in [1.82, 2.24) is 9.88 Å². The van der Waals surface area contributed by atoms with Crippen LogP contribution in [0.25, 0.3) is 0 Å². The zero-order valence-corrected chi connectivity index (χ0v) is 19.1. The summed E-state index contributed by atoms with van der Waals surface area (Å²) in [6, 6.07) is 15.0. The Hall–Kier alpha value is -3.19. The monoisotopic (exact) mass is 450 g/mol. The topological polar surface area (TPSA) is 68.7 Å². The fraction of sp³-hybridized carbons (Fsp3) is 0.320. The highest BCUT2D eigenvalue weighted by Gasteiger charge is 2.29. The minimum Gasteiger partial charge on any atom is -0.497 e.